The van der Waals surface area contributed by atoms with Crippen LogP contribution in [0.5, 0.6) is 11.5 Å². The minimum absolute atomic E-state index is 0.185. The molecule has 0 bridgehead atoms. The third-order valence-electron chi connectivity index (χ3n) is 5.62. The van der Waals surface area contributed by atoms with Crippen LogP contribution >= 0.6 is 0 Å². The number of imidazole rings is 1. The summed E-state index contributed by atoms with van der Waals surface area (Å²) in [6.45, 7) is 1.90. The van der Waals surface area contributed by atoms with Crippen LogP contribution in [0.3, 0.4) is 0 Å². The fourth-order valence-electron chi connectivity index (χ4n) is 4.03. The van der Waals surface area contributed by atoms with Crippen molar-refractivity contribution < 1.29 is 9.47 Å². The van der Waals surface area contributed by atoms with Crippen molar-refractivity contribution >= 4 is 22.1 Å². The van der Waals surface area contributed by atoms with Gasteiger partial charge < -0.3 is 9.47 Å². The molecule has 0 unspecified atom stereocenters. The highest BCUT2D eigenvalue weighted by Crippen LogP contribution is 2.33. The number of ether oxygens (including phenoxy) is 2. The molecule has 5 aromatic rings. The van der Waals surface area contributed by atoms with Crippen molar-refractivity contribution in [2.45, 2.75) is 6.92 Å². The lowest BCUT2D eigenvalue weighted by Crippen LogP contribution is -2.22. The highest BCUT2D eigenvalue weighted by atomic mass is 16.5. The van der Waals surface area contributed by atoms with Gasteiger partial charge in [-0.15, -0.1) is 0 Å². The van der Waals surface area contributed by atoms with Crippen LogP contribution in [0.2, 0.25) is 0 Å². The molecule has 0 saturated heterocycles. The number of aryl methyl sites for hydroxylation is 3. The summed E-state index contributed by atoms with van der Waals surface area (Å²) >= 11 is 0. The molecule has 0 atom stereocenters. The summed E-state index contributed by atoms with van der Waals surface area (Å²) < 4.78 is 15.7. The fourth-order valence-corrected chi connectivity index (χ4v) is 4.03. The monoisotopic (exact) mass is 430 g/mol. The lowest BCUT2D eigenvalue weighted by molar-refractivity contribution is 0.355. The van der Waals surface area contributed by atoms with Gasteiger partial charge in [-0.05, 0) is 37.3 Å². The van der Waals surface area contributed by atoms with E-state index in [9.17, 15) is 4.79 Å². The summed E-state index contributed by atoms with van der Waals surface area (Å²) in [5.41, 5.74) is 4.94. The van der Waals surface area contributed by atoms with E-state index in [1.807, 2.05) is 50.4 Å². The van der Waals surface area contributed by atoms with Crippen LogP contribution in [-0.2, 0) is 14.1 Å². The van der Waals surface area contributed by atoms with Crippen LogP contribution in [0.15, 0.2) is 47.4 Å². The Morgan fingerprint density at radius 2 is 1.75 bits per heavy atom. The average Bonchev–Trinajstić information content (AvgIpc) is 3.27. The van der Waals surface area contributed by atoms with Crippen molar-refractivity contribution in [3.63, 3.8) is 0 Å². The summed E-state index contributed by atoms with van der Waals surface area (Å²) in [4.78, 5) is 22.7. The SMILES string of the molecule is COc1ccc(-c2ccc3ncc4c(c3n2)n(-c2cc(C)nn2C)c(=O)n4C)cc1OC. The van der Waals surface area contributed by atoms with Gasteiger partial charge in [-0.1, -0.05) is 0 Å². The first kappa shape index (κ1) is 19.8. The standard InChI is InChI=1S/C23H22N6O3/c1-13-10-20(28(3)26-13)29-22-17(27(2)23(29)30)12-24-16-8-7-15(25-21(16)22)14-6-9-18(31-4)19(11-14)32-5/h6-12H,1-5H3. The third-order valence-corrected chi connectivity index (χ3v) is 5.62. The Morgan fingerprint density at radius 1 is 0.969 bits per heavy atom. The maximum absolute atomic E-state index is 13.2. The molecule has 5 rings (SSSR count). The van der Waals surface area contributed by atoms with Crippen molar-refractivity contribution in [3.8, 4) is 28.6 Å². The molecule has 0 N–H and O–H groups in total. The average molecular weight is 430 g/mol. The van der Waals surface area contributed by atoms with Crippen LogP contribution < -0.4 is 15.2 Å². The molecular formula is C23H22N6O3. The summed E-state index contributed by atoms with van der Waals surface area (Å²) in [6.07, 6.45) is 1.70. The van der Waals surface area contributed by atoms with Crippen LogP contribution in [0.4, 0.5) is 0 Å². The Labute approximate surface area is 183 Å². The highest BCUT2D eigenvalue weighted by molar-refractivity contribution is 6.01. The predicted octanol–water partition coefficient (Wildman–Crippen LogP) is 3.00. The quantitative estimate of drug-likeness (QED) is 0.436. The van der Waals surface area contributed by atoms with Crippen LogP contribution in [0, 0.1) is 6.92 Å². The second kappa shape index (κ2) is 7.23. The smallest absolute Gasteiger partial charge is 0.334 e. The molecule has 162 valence electrons. The van der Waals surface area contributed by atoms with E-state index in [0.717, 1.165) is 17.0 Å². The lowest BCUT2D eigenvalue weighted by Gasteiger charge is -2.10. The van der Waals surface area contributed by atoms with Gasteiger partial charge in [0.1, 0.15) is 16.9 Å². The number of aromatic nitrogens is 6. The first-order valence-corrected chi connectivity index (χ1v) is 10.0. The third kappa shape index (κ3) is 2.85. The molecule has 4 heterocycles. The van der Waals surface area contributed by atoms with Crippen LogP contribution in [0.25, 0.3) is 39.1 Å². The Balaban J connectivity index is 1.83. The maximum Gasteiger partial charge on any atom is 0.334 e. The van der Waals surface area contributed by atoms with Gasteiger partial charge in [0.25, 0.3) is 0 Å². The summed E-state index contributed by atoms with van der Waals surface area (Å²) in [6, 6.07) is 11.3. The van der Waals surface area contributed by atoms with Crippen molar-refractivity contribution in [1.29, 1.82) is 0 Å². The van der Waals surface area contributed by atoms with E-state index in [0.29, 0.717) is 39.4 Å². The van der Waals surface area contributed by atoms with Gasteiger partial charge in [0.15, 0.2) is 11.5 Å². The Kier molecular flexibility index (Phi) is 4.47. The second-order valence-electron chi connectivity index (χ2n) is 7.57. The van der Waals surface area contributed by atoms with Crippen molar-refractivity contribution in [2.75, 3.05) is 14.2 Å². The van der Waals surface area contributed by atoms with Gasteiger partial charge in [-0.3, -0.25) is 14.2 Å². The Morgan fingerprint density at radius 3 is 2.44 bits per heavy atom. The lowest BCUT2D eigenvalue weighted by atomic mass is 10.1. The number of nitrogens with zero attached hydrogens (tertiary/aromatic N) is 6. The summed E-state index contributed by atoms with van der Waals surface area (Å²) in [5, 5.41) is 4.41. The molecule has 0 saturated carbocycles. The molecule has 0 aliphatic heterocycles. The fraction of sp³-hybridized carbons (Fsp3) is 0.217. The maximum atomic E-state index is 13.2. The number of pyridine rings is 2. The summed E-state index contributed by atoms with van der Waals surface area (Å²) in [7, 11) is 6.75. The number of hydrogen-bond donors (Lipinski definition) is 0. The topological polar surface area (TPSA) is 89.0 Å². The van der Waals surface area contributed by atoms with Crippen LogP contribution in [0.1, 0.15) is 5.69 Å². The summed E-state index contributed by atoms with van der Waals surface area (Å²) in [5.74, 6) is 1.93. The van der Waals surface area contributed by atoms with Gasteiger partial charge in [-0.25, -0.2) is 14.3 Å². The number of fused-ring (bicyclic) bond motifs is 3. The normalized spacial score (nSPS) is 11.4. The molecule has 0 aliphatic rings. The van der Waals surface area contributed by atoms with E-state index in [-0.39, 0.29) is 5.69 Å². The van der Waals surface area contributed by atoms with Gasteiger partial charge >= 0.3 is 5.69 Å². The minimum atomic E-state index is -0.185. The molecule has 9 nitrogen and oxygen atoms in total. The van der Waals surface area contributed by atoms with Crippen LogP contribution in [-0.4, -0.2) is 43.1 Å². The van der Waals surface area contributed by atoms with Gasteiger partial charge in [0.2, 0.25) is 0 Å². The van der Waals surface area contributed by atoms with Crippen molar-refractivity contribution in [2.24, 2.45) is 14.1 Å². The molecule has 0 amide bonds. The van der Waals surface area contributed by atoms with Gasteiger partial charge in [0.05, 0.1) is 42.8 Å². The largest absolute Gasteiger partial charge is 0.493 e. The number of benzene rings is 1. The molecular weight excluding hydrogens is 408 g/mol. The number of methoxy groups -OCH3 is 2. The van der Waals surface area contributed by atoms with Gasteiger partial charge in [-0.2, -0.15) is 5.10 Å². The first-order chi connectivity index (χ1) is 15.4. The van der Waals surface area contributed by atoms with E-state index in [1.54, 1.807) is 41.3 Å². The van der Waals surface area contributed by atoms with Crippen molar-refractivity contribution in [3.05, 3.63) is 58.8 Å². The van der Waals surface area contributed by atoms with E-state index >= 15 is 0 Å². The molecule has 1 aromatic carbocycles. The van der Waals surface area contributed by atoms with E-state index in [1.165, 1.54) is 0 Å². The Hall–Kier alpha value is -4.14. The van der Waals surface area contributed by atoms with Crippen molar-refractivity contribution in [1.82, 2.24) is 28.9 Å². The zero-order valence-electron chi connectivity index (χ0n) is 18.4. The highest BCUT2D eigenvalue weighted by Gasteiger charge is 2.20. The van der Waals surface area contributed by atoms with E-state index < -0.39 is 0 Å². The predicted molar refractivity (Wildman–Crippen MR) is 122 cm³/mol. The molecule has 0 radical (unpaired) electrons. The minimum Gasteiger partial charge on any atom is -0.493 e. The zero-order chi connectivity index (χ0) is 22.6. The molecule has 0 spiro atoms. The Bertz CT molecular complexity index is 1560. The van der Waals surface area contributed by atoms with Gasteiger partial charge in [0, 0.05) is 25.7 Å². The number of rotatable bonds is 4. The first-order valence-electron chi connectivity index (χ1n) is 10.0. The molecule has 9 heteroatoms. The van der Waals surface area contributed by atoms with E-state index in [4.69, 9.17) is 14.5 Å². The number of hydrogen-bond acceptors (Lipinski definition) is 6. The molecule has 0 aliphatic carbocycles. The molecule has 4 aromatic heterocycles. The molecule has 32 heavy (non-hydrogen) atoms. The second-order valence-corrected chi connectivity index (χ2v) is 7.57. The van der Waals surface area contributed by atoms with E-state index in [2.05, 4.69) is 10.1 Å². The zero-order valence-corrected chi connectivity index (χ0v) is 18.4. The molecule has 0 fully saturated rings.